The van der Waals surface area contributed by atoms with Gasteiger partial charge < -0.3 is 10.2 Å². The van der Waals surface area contributed by atoms with Crippen molar-refractivity contribution in [3.05, 3.63) is 65.5 Å². The maximum absolute atomic E-state index is 13.8. The molecule has 0 heterocycles. The summed E-state index contributed by atoms with van der Waals surface area (Å²) in [6.45, 7) is 3.09. The van der Waals surface area contributed by atoms with Crippen molar-refractivity contribution in [2.45, 2.75) is 25.8 Å². The summed E-state index contributed by atoms with van der Waals surface area (Å²) in [5.74, 6) is -0.917. The van der Waals surface area contributed by atoms with Crippen LogP contribution in [0.1, 0.15) is 41.7 Å². The molecule has 5 heteroatoms. The fourth-order valence-corrected chi connectivity index (χ4v) is 2.49. The van der Waals surface area contributed by atoms with Crippen molar-refractivity contribution >= 4 is 11.6 Å². The van der Waals surface area contributed by atoms with Crippen molar-refractivity contribution in [1.82, 2.24) is 5.32 Å². The minimum absolute atomic E-state index is 0.161. The minimum Gasteiger partial charge on any atom is -0.375 e. The first-order valence-electron chi connectivity index (χ1n) is 8.33. The number of nitriles is 1. The summed E-state index contributed by atoms with van der Waals surface area (Å²) in [6, 6.07) is 14.0. The van der Waals surface area contributed by atoms with E-state index < -0.39 is 17.8 Å². The summed E-state index contributed by atoms with van der Waals surface area (Å²) in [6.07, 6.45) is 2.22. The van der Waals surface area contributed by atoms with E-state index >= 15 is 0 Å². The second kappa shape index (κ2) is 8.84. The Balaban J connectivity index is 2.07. The molecule has 0 saturated carbocycles. The number of amides is 1. The van der Waals surface area contributed by atoms with Gasteiger partial charge >= 0.3 is 0 Å². The zero-order valence-electron chi connectivity index (χ0n) is 14.5. The monoisotopic (exact) mass is 339 g/mol. The van der Waals surface area contributed by atoms with E-state index in [9.17, 15) is 14.4 Å². The van der Waals surface area contributed by atoms with Crippen LogP contribution in [0.3, 0.4) is 0 Å². The van der Waals surface area contributed by atoms with Gasteiger partial charge in [0.1, 0.15) is 11.9 Å². The van der Waals surface area contributed by atoms with E-state index in [2.05, 4.69) is 17.1 Å². The molecular weight excluding hydrogens is 317 g/mol. The van der Waals surface area contributed by atoms with E-state index in [-0.39, 0.29) is 5.56 Å². The van der Waals surface area contributed by atoms with Crippen LogP contribution in [-0.2, 0) is 0 Å². The van der Waals surface area contributed by atoms with Crippen molar-refractivity contribution in [2.75, 3.05) is 18.5 Å². The van der Waals surface area contributed by atoms with Crippen molar-refractivity contribution in [3.8, 4) is 6.07 Å². The van der Waals surface area contributed by atoms with E-state index in [1.807, 2.05) is 25.2 Å². The lowest BCUT2D eigenvalue weighted by Gasteiger charge is -2.19. The fourth-order valence-electron chi connectivity index (χ4n) is 2.49. The lowest BCUT2D eigenvalue weighted by Crippen LogP contribution is -2.28. The van der Waals surface area contributed by atoms with Crippen LogP contribution in [0.15, 0.2) is 48.5 Å². The van der Waals surface area contributed by atoms with Crippen molar-refractivity contribution in [3.63, 3.8) is 0 Å². The number of carbonyl (C=O) groups is 1. The summed E-state index contributed by atoms with van der Waals surface area (Å²) >= 11 is 0. The van der Waals surface area contributed by atoms with Gasteiger partial charge in [0.15, 0.2) is 0 Å². The summed E-state index contributed by atoms with van der Waals surface area (Å²) < 4.78 is 13.8. The van der Waals surface area contributed by atoms with Crippen LogP contribution in [0, 0.1) is 17.1 Å². The van der Waals surface area contributed by atoms with E-state index in [0.29, 0.717) is 5.56 Å². The molecule has 0 aliphatic rings. The maximum Gasteiger partial charge on any atom is 0.252 e. The van der Waals surface area contributed by atoms with Gasteiger partial charge in [0.25, 0.3) is 5.91 Å². The Kier molecular flexibility index (Phi) is 6.53. The highest BCUT2D eigenvalue weighted by Crippen LogP contribution is 2.18. The molecular formula is C20H22FN3O. The third-order valence-corrected chi connectivity index (χ3v) is 4.04. The second-order valence-corrected chi connectivity index (χ2v) is 5.88. The highest BCUT2D eigenvalue weighted by Gasteiger charge is 2.18. The van der Waals surface area contributed by atoms with Crippen LogP contribution in [-0.4, -0.2) is 19.5 Å². The number of halogens is 1. The predicted molar refractivity (Wildman–Crippen MR) is 96.8 cm³/mol. The Labute approximate surface area is 147 Å². The van der Waals surface area contributed by atoms with Crippen molar-refractivity contribution < 1.29 is 9.18 Å². The number of hydrogen-bond donors (Lipinski definition) is 1. The molecule has 0 fully saturated rings. The zero-order chi connectivity index (χ0) is 18.2. The molecule has 0 aromatic heterocycles. The number of carbonyl (C=O) groups excluding carboxylic acids is 1. The SMILES string of the molecule is CCCCN(C)c1ccc(C(=O)NC(C#N)c2ccccc2F)cc1. The van der Waals surface area contributed by atoms with Crippen LogP contribution in [0.5, 0.6) is 0 Å². The maximum atomic E-state index is 13.8. The van der Waals surface area contributed by atoms with Crippen molar-refractivity contribution in [2.24, 2.45) is 0 Å². The van der Waals surface area contributed by atoms with Crippen LogP contribution in [0.25, 0.3) is 0 Å². The first-order chi connectivity index (χ1) is 12.1. The Morgan fingerprint density at radius 2 is 1.92 bits per heavy atom. The quantitative estimate of drug-likeness (QED) is 0.828. The first-order valence-corrected chi connectivity index (χ1v) is 8.33. The summed E-state index contributed by atoms with van der Waals surface area (Å²) in [7, 11) is 2.01. The molecule has 1 N–H and O–H groups in total. The van der Waals surface area contributed by atoms with Crippen LogP contribution in [0.2, 0.25) is 0 Å². The molecule has 0 aliphatic carbocycles. The molecule has 0 bridgehead atoms. The first kappa shape index (κ1) is 18.5. The molecule has 4 nitrogen and oxygen atoms in total. The molecule has 0 aliphatic heterocycles. The molecule has 0 spiro atoms. The van der Waals surface area contributed by atoms with Gasteiger partial charge in [-0.2, -0.15) is 5.26 Å². The van der Waals surface area contributed by atoms with Gasteiger partial charge in [-0.15, -0.1) is 0 Å². The predicted octanol–water partition coefficient (Wildman–Crippen LogP) is 4.06. The number of nitrogens with zero attached hydrogens (tertiary/aromatic N) is 2. The largest absolute Gasteiger partial charge is 0.375 e. The Morgan fingerprint density at radius 3 is 2.52 bits per heavy atom. The average molecular weight is 339 g/mol. The van der Waals surface area contributed by atoms with E-state index in [0.717, 1.165) is 25.1 Å². The standard InChI is InChI=1S/C20H22FN3O/c1-3-4-13-24(2)16-11-9-15(10-12-16)20(25)23-19(14-22)17-7-5-6-8-18(17)21/h5-12,19H,3-4,13H2,1-2H3,(H,23,25). The topological polar surface area (TPSA) is 56.1 Å². The van der Waals surface area contributed by atoms with Crippen LogP contribution < -0.4 is 10.2 Å². The van der Waals surface area contributed by atoms with E-state index in [1.54, 1.807) is 24.3 Å². The Bertz CT molecular complexity index is 752. The summed E-state index contributed by atoms with van der Waals surface area (Å²) in [5, 5.41) is 11.8. The number of unbranched alkanes of at least 4 members (excludes halogenated alkanes) is 1. The molecule has 0 radical (unpaired) electrons. The molecule has 2 aromatic rings. The Hall–Kier alpha value is -2.87. The normalized spacial score (nSPS) is 11.4. The minimum atomic E-state index is -1.03. The lowest BCUT2D eigenvalue weighted by atomic mass is 10.1. The van der Waals surface area contributed by atoms with Gasteiger partial charge in [0.05, 0.1) is 6.07 Å². The number of benzene rings is 2. The van der Waals surface area contributed by atoms with Crippen LogP contribution in [0.4, 0.5) is 10.1 Å². The molecule has 2 rings (SSSR count). The molecule has 0 saturated heterocycles. The zero-order valence-corrected chi connectivity index (χ0v) is 14.5. The third kappa shape index (κ3) is 4.80. The van der Waals surface area contributed by atoms with E-state index in [4.69, 9.17) is 0 Å². The smallest absolute Gasteiger partial charge is 0.252 e. The molecule has 2 aromatic carbocycles. The van der Waals surface area contributed by atoms with Gasteiger partial charge in [-0.25, -0.2) is 4.39 Å². The number of anilines is 1. The van der Waals surface area contributed by atoms with Gasteiger partial charge in [0, 0.05) is 30.4 Å². The lowest BCUT2D eigenvalue weighted by molar-refractivity contribution is 0.0944. The number of nitrogens with one attached hydrogen (secondary N) is 1. The van der Waals surface area contributed by atoms with Gasteiger partial charge in [-0.3, -0.25) is 4.79 Å². The third-order valence-electron chi connectivity index (χ3n) is 4.04. The summed E-state index contributed by atoms with van der Waals surface area (Å²) in [4.78, 5) is 14.5. The van der Waals surface area contributed by atoms with Gasteiger partial charge in [0.2, 0.25) is 0 Å². The number of hydrogen-bond acceptors (Lipinski definition) is 3. The highest BCUT2D eigenvalue weighted by molar-refractivity contribution is 5.95. The molecule has 25 heavy (non-hydrogen) atoms. The highest BCUT2D eigenvalue weighted by atomic mass is 19.1. The van der Waals surface area contributed by atoms with Crippen LogP contribution >= 0.6 is 0 Å². The second-order valence-electron chi connectivity index (χ2n) is 5.88. The van der Waals surface area contributed by atoms with Gasteiger partial charge in [-0.1, -0.05) is 31.5 Å². The van der Waals surface area contributed by atoms with Gasteiger partial charge in [-0.05, 0) is 36.8 Å². The molecule has 1 amide bonds. The molecule has 1 atom stereocenters. The molecule has 130 valence electrons. The summed E-state index contributed by atoms with van der Waals surface area (Å²) in [5.41, 5.74) is 1.62. The fraction of sp³-hybridized carbons (Fsp3) is 0.300. The average Bonchev–Trinajstić information content (AvgIpc) is 2.64. The number of rotatable bonds is 7. The van der Waals surface area contributed by atoms with E-state index in [1.165, 1.54) is 12.1 Å². The van der Waals surface area contributed by atoms with Crippen molar-refractivity contribution in [1.29, 1.82) is 5.26 Å². The molecule has 1 unspecified atom stereocenters. The Morgan fingerprint density at radius 1 is 1.24 bits per heavy atom.